The summed E-state index contributed by atoms with van der Waals surface area (Å²) in [4.78, 5) is 20.1. The molecule has 1 aromatic heterocycles. The maximum absolute atomic E-state index is 13.5. The summed E-state index contributed by atoms with van der Waals surface area (Å²) in [5.41, 5.74) is 2.97. The monoisotopic (exact) mass is 454 g/mol. The highest BCUT2D eigenvalue weighted by Crippen LogP contribution is 2.40. The molecule has 0 aliphatic carbocycles. The van der Waals surface area contributed by atoms with Crippen LogP contribution in [0.3, 0.4) is 0 Å². The van der Waals surface area contributed by atoms with Crippen molar-refractivity contribution in [3.05, 3.63) is 47.5 Å². The van der Waals surface area contributed by atoms with Crippen LogP contribution in [0.2, 0.25) is 0 Å². The summed E-state index contributed by atoms with van der Waals surface area (Å²) in [7, 11) is 3.26. The summed E-state index contributed by atoms with van der Waals surface area (Å²) < 4.78 is 17.7. The highest BCUT2D eigenvalue weighted by molar-refractivity contribution is 7.22. The van der Waals surface area contributed by atoms with Gasteiger partial charge in [0.1, 0.15) is 21.7 Å². The van der Waals surface area contributed by atoms with Crippen LogP contribution in [-0.4, -0.2) is 44.4 Å². The van der Waals surface area contributed by atoms with E-state index in [2.05, 4.69) is 26.0 Å². The van der Waals surface area contributed by atoms with E-state index in [9.17, 15) is 4.79 Å². The van der Waals surface area contributed by atoms with E-state index in [4.69, 9.17) is 19.2 Å². The van der Waals surface area contributed by atoms with Crippen LogP contribution in [0, 0.1) is 0 Å². The van der Waals surface area contributed by atoms with E-state index in [0.717, 1.165) is 35.5 Å². The Bertz CT molecular complexity index is 1030. The Morgan fingerprint density at radius 3 is 2.50 bits per heavy atom. The molecule has 1 atom stereocenters. The van der Waals surface area contributed by atoms with E-state index < -0.39 is 0 Å². The summed E-state index contributed by atoms with van der Waals surface area (Å²) in [5.74, 6) is 1.86. The second-order valence-electron chi connectivity index (χ2n) is 8.36. The fraction of sp³-hybridized carbons (Fsp3) is 0.440. The van der Waals surface area contributed by atoms with Gasteiger partial charge in [-0.3, -0.25) is 9.69 Å². The molecule has 1 aliphatic rings. The summed E-state index contributed by atoms with van der Waals surface area (Å²) in [5, 5.41) is 0.641. The van der Waals surface area contributed by atoms with Gasteiger partial charge in [-0.15, -0.1) is 0 Å². The Hall–Kier alpha value is -2.64. The van der Waals surface area contributed by atoms with E-state index in [1.165, 1.54) is 16.9 Å². The highest BCUT2D eigenvalue weighted by atomic mass is 32.1. The molecule has 1 saturated heterocycles. The number of rotatable bonds is 8. The van der Waals surface area contributed by atoms with Crippen molar-refractivity contribution in [3.8, 4) is 11.5 Å². The van der Waals surface area contributed by atoms with Gasteiger partial charge in [0.25, 0.3) is 0 Å². The molecule has 2 heterocycles. The topological polar surface area (TPSA) is 60.9 Å². The van der Waals surface area contributed by atoms with E-state index in [0.29, 0.717) is 35.3 Å². The average molecular weight is 455 g/mol. The van der Waals surface area contributed by atoms with Crippen molar-refractivity contribution in [1.82, 2.24) is 4.98 Å². The second-order valence-corrected chi connectivity index (χ2v) is 9.33. The number of carbonyl (C=O) groups is 1. The van der Waals surface area contributed by atoms with Gasteiger partial charge in [-0.25, -0.2) is 4.98 Å². The molecule has 4 rings (SSSR count). The van der Waals surface area contributed by atoms with Crippen LogP contribution >= 0.6 is 11.3 Å². The van der Waals surface area contributed by atoms with Crippen LogP contribution < -0.4 is 14.4 Å². The minimum atomic E-state index is 0.00906. The molecule has 0 N–H and O–H groups in total. The third kappa shape index (κ3) is 4.74. The van der Waals surface area contributed by atoms with Gasteiger partial charge < -0.3 is 14.2 Å². The van der Waals surface area contributed by atoms with Gasteiger partial charge in [-0.05, 0) is 42.0 Å². The maximum atomic E-state index is 13.5. The molecule has 1 fully saturated rings. The molecular formula is C25H30N2O4S. The largest absolute Gasteiger partial charge is 0.495 e. The number of hydrogen-bond donors (Lipinski definition) is 0. The van der Waals surface area contributed by atoms with Gasteiger partial charge in [0.15, 0.2) is 5.13 Å². The molecule has 6 nitrogen and oxygen atoms in total. The standard InChI is InChI=1S/C25H30N2O4S/c1-16(2)18-9-7-17(8-10-18)14-22(28)27(15-19-6-5-13-31-19)25-26-23-20(29-3)11-12-21(30-4)24(23)32-25/h7-12,16,19H,5-6,13-15H2,1-4H3. The summed E-state index contributed by atoms with van der Waals surface area (Å²) in [6, 6.07) is 12.0. The molecule has 1 aliphatic heterocycles. The maximum Gasteiger partial charge on any atom is 0.233 e. The minimum Gasteiger partial charge on any atom is -0.495 e. The first-order valence-corrected chi connectivity index (χ1v) is 11.8. The second kappa shape index (κ2) is 9.88. The zero-order valence-electron chi connectivity index (χ0n) is 19.1. The number of fused-ring (bicyclic) bond motifs is 1. The van der Waals surface area contributed by atoms with Gasteiger partial charge in [-0.1, -0.05) is 49.4 Å². The van der Waals surface area contributed by atoms with Crippen molar-refractivity contribution in [2.45, 2.75) is 45.1 Å². The lowest BCUT2D eigenvalue weighted by molar-refractivity contribution is -0.118. The zero-order chi connectivity index (χ0) is 22.7. The lowest BCUT2D eigenvalue weighted by atomic mass is 10.0. The first-order valence-electron chi connectivity index (χ1n) is 11.0. The summed E-state index contributed by atoms with van der Waals surface area (Å²) in [6.07, 6.45) is 2.31. The molecule has 1 unspecified atom stereocenters. The zero-order valence-corrected chi connectivity index (χ0v) is 19.9. The molecule has 32 heavy (non-hydrogen) atoms. The molecule has 3 aromatic rings. The van der Waals surface area contributed by atoms with Crippen molar-refractivity contribution in [2.24, 2.45) is 0 Å². The minimum absolute atomic E-state index is 0.00906. The van der Waals surface area contributed by atoms with Crippen molar-refractivity contribution >= 4 is 32.6 Å². The predicted molar refractivity (Wildman–Crippen MR) is 128 cm³/mol. The number of carbonyl (C=O) groups excluding carboxylic acids is 1. The van der Waals surface area contributed by atoms with Crippen LogP contribution in [-0.2, 0) is 16.0 Å². The summed E-state index contributed by atoms with van der Waals surface area (Å²) >= 11 is 1.45. The predicted octanol–water partition coefficient (Wildman–Crippen LogP) is 5.19. The molecule has 0 spiro atoms. The van der Waals surface area contributed by atoms with Crippen molar-refractivity contribution in [2.75, 3.05) is 32.3 Å². The van der Waals surface area contributed by atoms with Gasteiger partial charge >= 0.3 is 0 Å². The Balaban J connectivity index is 1.66. The molecule has 0 bridgehead atoms. The average Bonchev–Trinajstić information content (AvgIpc) is 3.47. The van der Waals surface area contributed by atoms with Crippen molar-refractivity contribution in [1.29, 1.82) is 0 Å². The van der Waals surface area contributed by atoms with Gasteiger partial charge in [0.05, 0.1) is 33.3 Å². The molecule has 0 radical (unpaired) electrons. The summed E-state index contributed by atoms with van der Waals surface area (Å²) in [6.45, 7) is 5.57. The molecule has 170 valence electrons. The van der Waals surface area contributed by atoms with E-state index in [1.54, 1.807) is 19.1 Å². The normalized spacial score (nSPS) is 16.0. The number of hydrogen-bond acceptors (Lipinski definition) is 6. The van der Waals surface area contributed by atoms with Crippen molar-refractivity contribution in [3.63, 3.8) is 0 Å². The molecule has 2 aromatic carbocycles. The number of nitrogens with zero attached hydrogens (tertiary/aromatic N) is 2. The SMILES string of the molecule is COc1ccc(OC)c2sc(N(CC3CCCO3)C(=O)Cc3ccc(C(C)C)cc3)nc12. The van der Waals surface area contributed by atoms with E-state index in [-0.39, 0.29) is 12.0 Å². The van der Waals surface area contributed by atoms with Crippen LogP contribution in [0.25, 0.3) is 10.2 Å². The fourth-order valence-electron chi connectivity index (χ4n) is 3.96. The Labute approximate surface area is 193 Å². The van der Waals surface area contributed by atoms with Gasteiger partial charge in [0.2, 0.25) is 5.91 Å². The molecule has 1 amide bonds. The van der Waals surface area contributed by atoms with Crippen LogP contribution in [0.1, 0.15) is 43.7 Å². The molecular weight excluding hydrogens is 424 g/mol. The van der Waals surface area contributed by atoms with Crippen molar-refractivity contribution < 1.29 is 19.0 Å². The lowest BCUT2D eigenvalue weighted by Crippen LogP contribution is -2.38. The molecule has 0 saturated carbocycles. The van der Waals surface area contributed by atoms with Crippen LogP contribution in [0.4, 0.5) is 5.13 Å². The van der Waals surface area contributed by atoms with Gasteiger partial charge in [-0.2, -0.15) is 0 Å². The Morgan fingerprint density at radius 2 is 1.88 bits per heavy atom. The highest BCUT2D eigenvalue weighted by Gasteiger charge is 2.27. The third-order valence-corrected chi connectivity index (χ3v) is 6.94. The molecule has 7 heteroatoms. The number of anilines is 1. The third-order valence-electron chi connectivity index (χ3n) is 5.84. The number of ether oxygens (including phenoxy) is 3. The Kier molecular flexibility index (Phi) is 6.96. The number of aromatic nitrogens is 1. The fourth-order valence-corrected chi connectivity index (χ4v) is 5.06. The number of amides is 1. The number of benzene rings is 2. The number of thiazole rings is 1. The van der Waals surface area contributed by atoms with Gasteiger partial charge in [0, 0.05) is 6.61 Å². The number of methoxy groups -OCH3 is 2. The first-order chi connectivity index (χ1) is 15.5. The first kappa shape index (κ1) is 22.6. The Morgan fingerprint density at radius 1 is 1.16 bits per heavy atom. The van der Waals surface area contributed by atoms with E-state index >= 15 is 0 Å². The van der Waals surface area contributed by atoms with Crippen LogP contribution in [0.15, 0.2) is 36.4 Å². The smallest absolute Gasteiger partial charge is 0.233 e. The van der Waals surface area contributed by atoms with Crippen LogP contribution in [0.5, 0.6) is 11.5 Å². The van der Waals surface area contributed by atoms with E-state index in [1.807, 2.05) is 24.3 Å². The quantitative estimate of drug-likeness (QED) is 0.469. The lowest BCUT2D eigenvalue weighted by Gasteiger charge is -2.23.